The van der Waals surface area contributed by atoms with E-state index in [2.05, 4.69) is 19.2 Å². The molecule has 8 heteroatoms. The SMILES string of the molecule is CC(C)COC(=O)N1CCC(CNC(=O)c2ccc(Cc3cc(Cl)cc4cc(C(C)C)oc34)o2)CC1. The number of carbonyl (C=O) groups is 2. The van der Waals surface area contributed by atoms with Crippen molar-refractivity contribution < 1.29 is 23.2 Å². The summed E-state index contributed by atoms with van der Waals surface area (Å²) >= 11 is 6.34. The standard InChI is InChI=1S/C28H35ClN2O5/c1-17(2)16-34-28(33)31-9-7-19(8-10-31)15-30-27(32)24-6-5-23(35-24)13-20-11-22(29)12-21-14-25(18(3)4)36-26(20)21/h5-6,11-12,14,17-19H,7-10,13,15-16H2,1-4H3,(H,30,32). The monoisotopic (exact) mass is 514 g/mol. The van der Waals surface area contributed by atoms with E-state index in [9.17, 15) is 9.59 Å². The second-order valence-corrected chi connectivity index (χ2v) is 10.8. The number of hydrogen-bond acceptors (Lipinski definition) is 5. The van der Waals surface area contributed by atoms with Crippen LogP contribution in [0, 0.1) is 11.8 Å². The molecule has 1 aliphatic heterocycles. The molecule has 36 heavy (non-hydrogen) atoms. The second-order valence-electron chi connectivity index (χ2n) is 10.3. The van der Waals surface area contributed by atoms with Crippen LogP contribution in [-0.4, -0.2) is 43.1 Å². The van der Waals surface area contributed by atoms with Crippen LogP contribution in [0.4, 0.5) is 4.79 Å². The lowest BCUT2D eigenvalue weighted by atomic mass is 9.97. The Labute approximate surface area is 217 Å². The topological polar surface area (TPSA) is 84.9 Å². The maximum absolute atomic E-state index is 12.7. The quantitative estimate of drug-likeness (QED) is 0.364. The smallest absolute Gasteiger partial charge is 0.409 e. The summed E-state index contributed by atoms with van der Waals surface area (Å²) in [7, 11) is 0. The van der Waals surface area contributed by atoms with Gasteiger partial charge in [0.1, 0.15) is 17.1 Å². The van der Waals surface area contributed by atoms with E-state index >= 15 is 0 Å². The first-order chi connectivity index (χ1) is 17.2. The Morgan fingerprint density at radius 3 is 2.56 bits per heavy atom. The third kappa shape index (κ3) is 6.44. The lowest BCUT2D eigenvalue weighted by molar-refractivity contribution is 0.0769. The third-order valence-corrected chi connectivity index (χ3v) is 6.68. The average Bonchev–Trinajstić information content (AvgIpc) is 3.49. The van der Waals surface area contributed by atoms with Gasteiger partial charge in [0.05, 0.1) is 6.61 Å². The van der Waals surface area contributed by atoms with Gasteiger partial charge in [-0.05, 0) is 55.0 Å². The Hall–Kier alpha value is -2.93. The van der Waals surface area contributed by atoms with Crippen molar-refractivity contribution in [3.05, 3.63) is 58.2 Å². The van der Waals surface area contributed by atoms with Crippen molar-refractivity contribution in [1.29, 1.82) is 0 Å². The summed E-state index contributed by atoms with van der Waals surface area (Å²) in [6.45, 7) is 10.5. The van der Waals surface area contributed by atoms with E-state index in [1.165, 1.54) is 0 Å². The number of likely N-dealkylation sites (tertiary alicyclic amines) is 1. The molecule has 0 saturated carbocycles. The number of ether oxygens (including phenoxy) is 1. The van der Waals surface area contributed by atoms with E-state index in [1.807, 2.05) is 38.1 Å². The summed E-state index contributed by atoms with van der Waals surface area (Å²) in [5.41, 5.74) is 1.72. The number of carbonyl (C=O) groups excluding carboxylic acids is 2. The first-order valence-corrected chi connectivity index (χ1v) is 13.1. The Bertz CT molecular complexity index is 1200. The maximum Gasteiger partial charge on any atom is 0.409 e. The molecule has 2 amide bonds. The minimum absolute atomic E-state index is 0.239. The predicted octanol–water partition coefficient (Wildman–Crippen LogP) is 6.63. The zero-order valence-corrected chi connectivity index (χ0v) is 22.2. The highest BCUT2D eigenvalue weighted by molar-refractivity contribution is 6.31. The van der Waals surface area contributed by atoms with Gasteiger partial charge in [0, 0.05) is 47.9 Å². The van der Waals surface area contributed by atoms with Crippen molar-refractivity contribution in [3.8, 4) is 0 Å². The number of rotatable bonds is 8. The predicted molar refractivity (Wildman–Crippen MR) is 140 cm³/mol. The molecule has 4 rings (SSSR count). The molecule has 1 aromatic carbocycles. The summed E-state index contributed by atoms with van der Waals surface area (Å²) in [6.07, 6.45) is 1.88. The molecule has 3 heterocycles. The number of hydrogen-bond donors (Lipinski definition) is 1. The summed E-state index contributed by atoms with van der Waals surface area (Å²) in [5.74, 6) is 2.51. The fourth-order valence-electron chi connectivity index (χ4n) is 4.38. The molecule has 1 aliphatic rings. The van der Waals surface area contributed by atoms with Crippen molar-refractivity contribution in [2.75, 3.05) is 26.2 Å². The summed E-state index contributed by atoms with van der Waals surface area (Å²) in [4.78, 5) is 26.6. The van der Waals surface area contributed by atoms with Crippen molar-refractivity contribution >= 4 is 34.6 Å². The molecule has 7 nitrogen and oxygen atoms in total. The summed E-state index contributed by atoms with van der Waals surface area (Å²) in [5, 5.41) is 4.58. The molecule has 1 fully saturated rings. The van der Waals surface area contributed by atoms with E-state index in [1.54, 1.807) is 11.0 Å². The number of benzene rings is 1. The highest BCUT2D eigenvalue weighted by atomic mass is 35.5. The van der Waals surface area contributed by atoms with E-state index in [4.69, 9.17) is 25.2 Å². The maximum atomic E-state index is 12.7. The summed E-state index contributed by atoms with van der Waals surface area (Å²) < 4.78 is 17.3. The number of nitrogens with zero attached hydrogens (tertiary/aromatic N) is 1. The van der Waals surface area contributed by atoms with Crippen LogP contribution in [0.2, 0.25) is 5.02 Å². The number of nitrogens with one attached hydrogen (secondary N) is 1. The van der Waals surface area contributed by atoms with E-state index in [-0.39, 0.29) is 23.7 Å². The highest BCUT2D eigenvalue weighted by Gasteiger charge is 2.25. The van der Waals surface area contributed by atoms with Gasteiger partial charge in [0.15, 0.2) is 5.76 Å². The molecule has 0 spiro atoms. The summed E-state index contributed by atoms with van der Waals surface area (Å²) in [6, 6.07) is 9.31. The number of fused-ring (bicyclic) bond motifs is 1. The van der Waals surface area contributed by atoms with E-state index in [0.29, 0.717) is 55.3 Å². The van der Waals surface area contributed by atoms with Crippen LogP contribution in [0.3, 0.4) is 0 Å². The number of piperidine rings is 1. The van der Waals surface area contributed by atoms with E-state index < -0.39 is 0 Å². The van der Waals surface area contributed by atoms with Gasteiger partial charge in [-0.25, -0.2) is 4.79 Å². The number of amides is 2. The molecular weight excluding hydrogens is 480 g/mol. The zero-order chi connectivity index (χ0) is 25.8. The molecule has 0 aliphatic carbocycles. The van der Waals surface area contributed by atoms with Gasteiger partial charge in [-0.1, -0.05) is 39.3 Å². The van der Waals surface area contributed by atoms with Crippen molar-refractivity contribution in [3.63, 3.8) is 0 Å². The average molecular weight is 515 g/mol. The Morgan fingerprint density at radius 1 is 1.11 bits per heavy atom. The van der Waals surface area contributed by atoms with Crippen LogP contribution in [0.5, 0.6) is 0 Å². The normalized spacial score (nSPS) is 14.7. The van der Waals surface area contributed by atoms with Crippen molar-refractivity contribution in [1.82, 2.24) is 10.2 Å². The molecule has 1 saturated heterocycles. The Morgan fingerprint density at radius 2 is 1.86 bits per heavy atom. The molecular formula is C28H35ClN2O5. The molecule has 2 aromatic heterocycles. The van der Waals surface area contributed by atoms with Crippen LogP contribution in [0.1, 0.15) is 74.1 Å². The number of furan rings is 2. The molecule has 0 bridgehead atoms. The lowest BCUT2D eigenvalue weighted by Gasteiger charge is -2.31. The molecule has 0 atom stereocenters. The first kappa shape index (κ1) is 26.1. The van der Waals surface area contributed by atoms with Crippen LogP contribution in [-0.2, 0) is 11.2 Å². The highest BCUT2D eigenvalue weighted by Crippen LogP contribution is 2.32. The first-order valence-electron chi connectivity index (χ1n) is 12.7. The fraction of sp³-hybridized carbons (Fsp3) is 0.500. The van der Waals surface area contributed by atoms with Gasteiger partial charge >= 0.3 is 6.09 Å². The molecule has 194 valence electrons. The van der Waals surface area contributed by atoms with Crippen LogP contribution >= 0.6 is 11.6 Å². The second kappa shape index (κ2) is 11.4. The van der Waals surface area contributed by atoms with Gasteiger partial charge in [-0.2, -0.15) is 0 Å². The number of halogens is 1. The molecule has 0 radical (unpaired) electrons. The molecule has 3 aromatic rings. The third-order valence-electron chi connectivity index (χ3n) is 6.46. The van der Waals surface area contributed by atoms with Crippen LogP contribution in [0.25, 0.3) is 11.0 Å². The minimum Gasteiger partial charge on any atom is -0.461 e. The Balaban J connectivity index is 1.30. The van der Waals surface area contributed by atoms with Gasteiger partial charge in [-0.15, -0.1) is 0 Å². The zero-order valence-electron chi connectivity index (χ0n) is 21.4. The lowest BCUT2D eigenvalue weighted by Crippen LogP contribution is -2.42. The van der Waals surface area contributed by atoms with E-state index in [0.717, 1.165) is 35.1 Å². The van der Waals surface area contributed by atoms with Gasteiger partial charge < -0.3 is 23.8 Å². The van der Waals surface area contributed by atoms with Crippen molar-refractivity contribution in [2.24, 2.45) is 11.8 Å². The van der Waals surface area contributed by atoms with Gasteiger partial charge in [-0.3, -0.25) is 4.79 Å². The molecule has 1 N–H and O–H groups in total. The van der Waals surface area contributed by atoms with Gasteiger partial charge in [0.2, 0.25) is 0 Å². The fourth-order valence-corrected chi connectivity index (χ4v) is 4.63. The largest absolute Gasteiger partial charge is 0.461 e. The Kier molecular flexibility index (Phi) is 8.29. The van der Waals surface area contributed by atoms with Gasteiger partial charge in [0.25, 0.3) is 5.91 Å². The molecule has 0 unspecified atom stereocenters. The van der Waals surface area contributed by atoms with Crippen molar-refractivity contribution in [2.45, 2.75) is 52.9 Å². The van der Waals surface area contributed by atoms with Crippen LogP contribution < -0.4 is 5.32 Å². The van der Waals surface area contributed by atoms with Crippen LogP contribution in [0.15, 0.2) is 39.2 Å². The minimum atomic E-state index is -0.249.